The Kier molecular flexibility index (Phi) is 6.73. The van der Waals surface area contributed by atoms with Crippen molar-refractivity contribution in [2.45, 2.75) is 12.2 Å². The van der Waals surface area contributed by atoms with Crippen molar-refractivity contribution in [3.05, 3.63) is 23.2 Å². The van der Waals surface area contributed by atoms with Crippen molar-refractivity contribution in [1.29, 1.82) is 0 Å². The molecule has 2 aliphatic heterocycles. The molecule has 8 nitrogen and oxygen atoms in total. The average molecular weight is 424 g/mol. The molecule has 0 saturated carbocycles. The Labute approximate surface area is 162 Å². The first kappa shape index (κ1) is 21.8. The molecule has 3 rings (SSSR count). The third kappa shape index (κ3) is 5.26. The maximum Gasteiger partial charge on any atom is 0.490 e. The number of likely N-dealkylation sites (N-methyl/N-ethyl adjacent to an activating group) is 1. The van der Waals surface area contributed by atoms with Crippen LogP contribution in [-0.4, -0.2) is 73.3 Å². The summed E-state index contributed by atoms with van der Waals surface area (Å²) in [7, 11) is 1.87. The maximum absolute atomic E-state index is 12.2. The molecular weight excluding hydrogens is 407 g/mol. The van der Waals surface area contributed by atoms with E-state index >= 15 is 0 Å². The lowest BCUT2D eigenvalue weighted by Gasteiger charge is -2.40. The molecule has 0 atom stereocenters. The number of carbonyl (C=O) groups excluding carboxylic acids is 2. The number of rotatable bonds is 3. The van der Waals surface area contributed by atoms with Gasteiger partial charge in [-0.1, -0.05) is 11.6 Å². The number of fused-ring (bicyclic) bond motifs is 1. The molecule has 154 valence electrons. The van der Waals surface area contributed by atoms with E-state index in [2.05, 4.69) is 5.32 Å². The molecule has 1 saturated heterocycles. The first-order valence-electron chi connectivity index (χ1n) is 8.00. The monoisotopic (exact) mass is 423 g/mol. The summed E-state index contributed by atoms with van der Waals surface area (Å²) < 4.78 is 37.1. The van der Waals surface area contributed by atoms with Gasteiger partial charge in [-0.05, 0) is 25.2 Å². The SMILES string of the molecule is CNC1CN(C(=O)CN2C(=O)COc3ccc(Cl)cc32)C1.O=C(O)C(F)(F)F. The number of carboxylic acids is 1. The number of amides is 2. The Hall–Kier alpha value is -2.53. The Morgan fingerprint density at radius 2 is 1.96 bits per heavy atom. The van der Waals surface area contributed by atoms with Crippen LogP contribution < -0.4 is 15.0 Å². The molecule has 0 unspecified atom stereocenters. The Morgan fingerprint density at radius 1 is 1.36 bits per heavy atom. The zero-order valence-electron chi connectivity index (χ0n) is 14.6. The zero-order chi connectivity index (χ0) is 21.1. The van der Waals surface area contributed by atoms with Crippen LogP contribution in [0, 0.1) is 0 Å². The van der Waals surface area contributed by atoms with Gasteiger partial charge in [-0.25, -0.2) is 4.79 Å². The second-order valence-electron chi connectivity index (χ2n) is 5.97. The quantitative estimate of drug-likeness (QED) is 0.756. The second kappa shape index (κ2) is 8.65. The molecule has 2 heterocycles. The summed E-state index contributed by atoms with van der Waals surface area (Å²) in [6, 6.07) is 5.40. The Balaban J connectivity index is 0.000000345. The van der Waals surface area contributed by atoms with E-state index in [0.717, 1.165) is 0 Å². The van der Waals surface area contributed by atoms with Crippen molar-refractivity contribution in [2.75, 3.05) is 38.2 Å². The molecule has 1 fully saturated rings. The molecule has 2 amide bonds. The number of ether oxygens (including phenoxy) is 1. The van der Waals surface area contributed by atoms with E-state index in [1.54, 1.807) is 23.1 Å². The van der Waals surface area contributed by atoms with Crippen molar-refractivity contribution >= 4 is 35.1 Å². The van der Waals surface area contributed by atoms with Crippen LogP contribution in [0.25, 0.3) is 0 Å². The summed E-state index contributed by atoms with van der Waals surface area (Å²) in [5, 5.41) is 10.7. The van der Waals surface area contributed by atoms with Crippen molar-refractivity contribution in [3.63, 3.8) is 0 Å². The summed E-state index contributed by atoms with van der Waals surface area (Å²) in [4.78, 5) is 36.3. The normalized spacial score (nSPS) is 16.4. The average Bonchev–Trinajstić information content (AvgIpc) is 2.56. The van der Waals surface area contributed by atoms with Crippen molar-refractivity contribution < 1.29 is 37.4 Å². The van der Waals surface area contributed by atoms with Gasteiger partial charge < -0.3 is 20.1 Å². The van der Waals surface area contributed by atoms with E-state index in [-0.39, 0.29) is 25.0 Å². The summed E-state index contributed by atoms with van der Waals surface area (Å²) in [6.07, 6.45) is -5.08. The van der Waals surface area contributed by atoms with Crippen molar-refractivity contribution in [2.24, 2.45) is 0 Å². The van der Waals surface area contributed by atoms with Gasteiger partial charge in [-0.2, -0.15) is 13.2 Å². The molecule has 28 heavy (non-hydrogen) atoms. The van der Waals surface area contributed by atoms with Gasteiger partial charge in [0.05, 0.1) is 5.69 Å². The minimum Gasteiger partial charge on any atom is -0.482 e. The fourth-order valence-corrected chi connectivity index (χ4v) is 2.62. The number of likely N-dealkylation sites (tertiary alicyclic amines) is 1. The highest BCUT2D eigenvalue weighted by molar-refractivity contribution is 6.31. The maximum atomic E-state index is 12.2. The van der Waals surface area contributed by atoms with Gasteiger partial charge in [0, 0.05) is 24.2 Å². The van der Waals surface area contributed by atoms with Crippen LogP contribution in [0.5, 0.6) is 5.75 Å². The number of nitrogens with one attached hydrogen (secondary N) is 1. The Morgan fingerprint density at radius 3 is 2.50 bits per heavy atom. The lowest BCUT2D eigenvalue weighted by molar-refractivity contribution is -0.192. The number of carboxylic acid groups (broad SMARTS) is 1. The van der Waals surface area contributed by atoms with Gasteiger partial charge >= 0.3 is 12.1 Å². The molecule has 0 bridgehead atoms. The number of hydrogen-bond acceptors (Lipinski definition) is 5. The van der Waals surface area contributed by atoms with E-state index < -0.39 is 12.1 Å². The lowest BCUT2D eigenvalue weighted by atomic mass is 10.1. The molecule has 2 aliphatic rings. The number of alkyl halides is 3. The summed E-state index contributed by atoms with van der Waals surface area (Å²) in [5.41, 5.74) is 0.554. The number of halogens is 4. The lowest BCUT2D eigenvalue weighted by Crippen LogP contribution is -2.61. The van der Waals surface area contributed by atoms with Crippen molar-refractivity contribution in [3.8, 4) is 5.75 Å². The zero-order valence-corrected chi connectivity index (χ0v) is 15.4. The van der Waals surface area contributed by atoms with E-state index in [1.807, 2.05) is 7.05 Å². The number of nitrogens with zero attached hydrogens (tertiary/aromatic N) is 2. The summed E-state index contributed by atoms with van der Waals surface area (Å²) in [5.74, 6) is -2.48. The smallest absolute Gasteiger partial charge is 0.482 e. The van der Waals surface area contributed by atoms with Crippen LogP contribution in [-0.2, 0) is 14.4 Å². The topological polar surface area (TPSA) is 99.2 Å². The number of aliphatic carboxylic acids is 1. The van der Waals surface area contributed by atoms with E-state index in [4.69, 9.17) is 26.2 Å². The molecule has 12 heteroatoms. The molecule has 2 N–H and O–H groups in total. The standard InChI is InChI=1S/C14H16ClN3O3.C2HF3O2/c1-16-10-5-17(6-10)13(19)7-18-11-4-9(15)2-3-12(11)21-8-14(18)20;3-2(4,5)1(6)7/h2-4,10,16H,5-8H2,1H3;(H,6,7). The largest absolute Gasteiger partial charge is 0.490 e. The Bertz CT molecular complexity index is 768. The minimum atomic E-state index is -5.08. The highest BCUT2D eigenvalue weighted by Gasteiger charge is 2.38. The van der Waals surface area contributed by atoms with Crippen LogP contribution in [0.1, 0.15) is 0 Å². The third-order valence-corrected chi connectivity index (χ3v) is 4.28. The van der Waals surface area contributed by atoms with Gasteiger partial charge in [-0.15, -0.1) is 0 Å². The van der Waals surface area contributed by atoms with Gasteiger partial charge in [0.25, 0.3) is 5.91 Å². The molecule has 0 radical (unpaired) electrons. The van der Waals surface area contributed by atoms with E-state index in [0.29, 0.717) is 35.6 Å². The predicted molar refractivity (Wildman–Crippen MR) is 92.4 cm³/mol. The summed E-state index contributed by atoms with van der Waals surface area (Å²) in [6.45, 7) is 1.32. The van der Waals surface area contributed by atoms with Crippen LogP contribution in [0.2, 0.25) is 5.02 Å². The van der Waals surface area contributed by atoms with Gasteiger partial charge in [0.1, 0.15) is 12.3 Å². The fraction of sp³-hybridized carbons (Fsp3) is 0.438. The third-order valence-electron chi connectivity index (χ3n) is 4.04. The van der Waals surface area contributed by atoms with Crippen LogP contribution >= 0.6 is 11.6 Å². The fourth-order valence-electron chi connectivity index (χ4n) is 2.45. The number of hydrogen-bond donors (Lipinski definition) is 2. The van der Waals surface area contributed by atoms with Gasteiger partial charge in [-0.3, -0.25) is 14.5 Å². The van der Waals surface area contributed by atoms with Gasteiger partial charge in [0.2, 0.25) is 5.91 Å². The molecule has 0 spiro atoms. The molecule has 0 aliphatic carbocycles. The van der Waals surface area contributed by atoms with E-state index in [1.165, 1.54) is 4.90 Å². The van der Waals surface area contributed by atoms with Crippen molar-refractivity contribution in [1.82, 2.24) is 10.2 Å². The molecule has 0 aromatic heterocycles. The highest BCUT2D eigenvalue weighted by atomic mass is 35.5. The highest BCUT2D eigenvalue weighted by Crippen LogP contribution is 2.34. The number of benzene rings is 1. The first-order chi connectivity index (χ1) is 13.0. The van der Waals surface area contributed by atoms with Gasteiger partial charge in [0.15, 0.2) is 6.61 Å². The number of anilines is 1. The summed E-state index contributed by atoms with van der Waals surface area (Å²) >= 11 is 5.97. The van der Waals surface area contributed by atoms with E-state index in [9.17, 15) is 22.8 Å². The molecule has 1 aromatic rings. The first-order valence-corrected chi connectivity index (χ1v) is 8.38. The number of carbonyl (C=O) groups is 3. The minimum absolute atomic E-state index is 0.0198. The second-order valence-corrected chi connectivity index (χ2v) is 6.40. The molecular formula is C16H17ClF3N3O5. The van der Waals surface area contributed by atoms with Crippen LogP contribution in [0.4, 0.5) is 18.9 Å². The van der Waals surface area contributed by atoms with Crippen LogP contribution in [0.15, 0.2) is 18.2 Å². The van der Waals surface area contributed by atoms with Crippen LogP contribution in [0.3, 0.4) is 0 Å². The predicted octanol–water partition coefficient (Wildman–Crippen LogP) is 1.13. The molecule has 1 aromatic carbocycles.